The molecule has 82 valence electrons. The summed E-state index contributed by atoms with van der Waals surface area (Å²) in [5, 5.41) is 8.96. The minimum absolute atomic E-state index is 0.107. The summed E-state index contributed by atoms with van der Waals surface area (Å²) in [6.45, 7) is 2.22. The van der Waals surface area contributed by atoms with Crippen LogP contribution in [0.15, 0.2) is 18.2 Å². The van der Waals surface area contributed by atoms with E-state index in [1.807, 2.05) is 12.1 Å². The standard InChI is InChI=1S/C13H13NO2/c1-2-16-13(15)11-6-9-4-3-5-10(8-14)12(9)7-11/h3-5,11H,2,6-7H2,1H3. The Balaban J connectivity index is 2.21. The van der Waals surface area contributed by atoms with Gasteiger partial charge in [-0.2, -0.15) is 5.26 Å². The van der Waals surface area contributed by atoms with Gasteiger partial charge < -0.3 is 4.74 Å². The molecule has 0 saturated heterocycles. The number of hydrogen-bond acceptors (Lipinski definition) is 3. The zero-order chi connectivity index (χ0) is 11.5. The summed E-state index contributed by atoms with van der Waals surface area (Å²) in [6.07, 6.45) is 1.33. The third-order valence-electron chi connectivity index (χ3n) is 2.93. The van der Waals surface area contributed by atoms with Crippen LogP contribution in [0, 0.1) is 17.2 Å². The van der Waals surface area contributed by atoms with Crippen LogP contribution < -0.4 is 0 Å². The molecule has 0 saturated carbocycles. The average molecular weight is 215 g/mol. The summed E-state index contributed by atoms with van der Waals surface area (Å²) in [5.41, 5.74) is 2.81. The normalized spacial score (nSPS) is 17.6. The summed E-state index contributed by atoms with van der Waals surface area (Å²) >= 11 is 0. The van der Waals surface area contributed by atoms with Crippen molar-refractivity contribution in [2.24, 2.45) is 5.92 Å². The lowest BCUT2D eigenvalue weighted by Crippen LogP contribution is -2.17. The highest BCUT2D eigenvalue weighted by atomic mass is 16.5. The molecule has 1 aromatic carbocycles. The molecular weight excluding hydrogens is 202 g/mol. The van der Waals surface area contributed by atoms with Gasteiger partial charge in [-0.25, -0.2) is 0 Å². The van der Waals surface area contributed by atoms with Gasteiger partial charge in [0.05, 0.1) is 24.2 Å². The van der Waals surface area contributed by atoms with Gasteiger partial charge in [0.1, 0.15) is 0 Å². The van der Waals surface area contributed by atoms with Crippen LogP contribution in [0.5, 0.6) is 0 Å². The molecule has 0 fully saturated rings. The number of fused-ring (bicyclic) bond motifs is 1. The lowest BCUT2D eigenvalue weighted by Gasteiger charge is -2.07. The molecule has 3 heteroatoms. The summed E-state index contributed by atoms with van der Waals surface area (Å²) in [6, 6.07) is 7.81. The summed E-state index contributed by atoms with van der Waals surface area (Å²) < 4.78 is 5.01. The highest BCUT2D eigenvalue weighted by Crippen LogP contribution is 2.29. The Morgan fingerprint density at radius 3 is 3.06 bits per heavy atom. The van der Waals surface area contributed by atoms with E-state index < -0.39 is 0 Å². The molecule has 0 bridgehead atoms. The number of hydrogen-bond donors (Lipinski definition) is 0. The molecule has 3 nitrogen and oxygen atoms in total. The van der Waals surface area contributed by atoms with Crippen molar-refractivity contribution in [2.45, 2.75) is 19.8 Å². The zero-order valence-electron chi connectivity index (χ0n) is 9.19. The fraction of sp³-hybridized carbons (Fsp3) is 0.385. The van der Waals surface area contributed by atoms with E-state index in [1.54, 1.807) is 13.0 Å². The van der Waals surface area contributed by atoms with Crippen LogP contribution in [0.4, 0.5) is 0 Å². The van der Waals surface area contributed by atoms with E-state index in [2.05, 4.69) is 6.07 Å². The van der Waals surface area contributed by atoms with Crippen molar-refractivity contribution >= 4 is 5.97 Å². The van der Waals surface area contributed by atoms with Gasteiger partial charge in [-0.3, -0.25) is 4.79 Å². The largest absolute Gasteiger partial charge is 0.466 e. The third kappa shape index (κ3) is 1.79. The average Bonchev–Trinajstić information content (AvgIpc) is 2.72. The predicted molar refractivity (Wildman–Crippen MR) is 58.7 cm³/mol. The first kappa shape index (κ1) is 10.7. The Morgan fingerprint density at radius 2 is 2.38 bits per heavy atom. The van der Waals surface area contributed by atoms with E-state index in [1.165, 1.54) is 0 Å². The van der Waals surface area contributed by atoms with Gasteiger partial charge in [0, 0.05) is 0 Å². The van der Waals surface area contributed by atoms with Crippen molar-refractivity contribution in [1.29, 1.82) is 5.26 Å². The number of carbonyl (C=O) groups is 1. The minimum atomic E-state index is -0.150. The maximum Gasteiger partial charge on any atom is 0.309 e. The number of ether oxygens (including phenoxy) is 1. The SMILES string of the molecule is CCOC(=O)C1Cc2cccc(C#N)c2C1. The predicted octanol–water partition coefficient (Wildman–Crippen LogP) is 1.84. The Hall–Kier alpha value is -1.82. The molecule has 16 heavy (non-hydrogen) atoms. The second-order valence-corrected chi connectivity index (χ2v) is 3.91. The van der Waals surface area contributed by atoms with Crippen LogP contribution in [0.1, 0.15) is 23.6 Å². The summed E-state index contributed by atoms with van der Waals surface area (Å²) in [4.78, 5) is 11.6. The van der Waals surface area contributed by atoms with Crippen molar-refractivity contribution in [1.82, 2.24) is 0 Å². The van der Waals surface area contributed by atoms with Crippen LogP contribution in [0.25, 0.3) is 0 Å². The smallest absolute Gasteiger partial charge is 0.309 e. The zero-order valence-corrected chi connectivity index (χ0v) is 9.19. The molecule has 0 aromatic heterocycles. The van der Waals surface area contributed by atoms with Gasteiger partial charge in [0.2, 0.25) is 0 Å². The first-order valence-corrected chi connectivity index (χ1v) is 5.43. The van der Waals surface area contributed by atoms with Crippen LogP contribution in [-0.2, 0) is 22.4 Å². The van der Waals surface area contributed by atoms with Crippen molar-refractivity contribution in [3.05, 3.63) is 34.9 Å². The van der Waals surface area contributed by atoms with E-state index in [-0.39, 0.29) is 11.9 Å². The Bertz CT molecular complexity index is 459. The second-order valence-electron chi connectivity index (χ2n) is 3.91. The first-order valence-electron chi connectivity index (χ1n) is 5.43. The highest BCUT2D eigenvalue weighted by Gasteiger charge is 2.29. The lowest BCUT2D eigenvalue weighted by atomic mass is 10.0. The molecule has 2 rings (SSSR count). The van der Waals surface area contributed by atoms with Crippen LogP contribution in [0.3, 0.4) is 0 Å². The van der Waals surface area contributed by atoms with Crippen LogP contribution in [-0.4, -0.2) is 12.6 Å². The van der Waals surface area contributed by atoms with Crippen molar-refractivity contribution in [3.8, 4) is 6.07 Å². The molecule has 0 heterocycles. The lowest BCUT2D eigenvalue weighted by molar-refractivity contribution is -0.147. The van der Waals surface area contributed by atoms with Crippen LogP contribution >= 0.6 is 0 Å². The van der Waals surface area contributed by atoms with E-state index in [4.69, 9.17) is 10.00 Å². The van der Waals surface area contributed by atoms with E-state index in [9.17, 15) is 4.79 Å². The molecule has 0 N–H and O–H groups in total. The Kier molecular flexibility index (Phi) is 2.91. The number of nitrogens with zero attached hydrogens (tertiary/aromatic N) is 1. The quantitative estimate of drug-likeness (QED) is 0.707. The maximum absolute atomic E-state index is 11.6. The Morgan fingerprint density at radius 1 is 1.56 bits per heavy atom. The van der Waals surface area contributed by atoms with Gasteiger partial charge in [-0.05, 0) is 37.0 Å². The molecular formula is C13H13NO2. The van der Waals surface area contributed by atoms with E-state index in [0.717, 1.165) is 11.1 Å². The number of rotatable bonds is 2. The number of carbonyl (C=O) groups excluding carboxylic acids is 1. The van der Waals surface area contributed by atoms with Gasteiger partial charge in [0.15, 0.2) is 0 Å². The number of benzene rings is 1. The van der Waals surface area contributed by atoms with Crippen molar-refractivity contribution in [3.63, 3.8) is 0 Å². The van der Waals surface area contributed by atoms with E-state index in [0.29, 0.717) is 25.0 Å². The van der Waals surface area contributed by atoms with Gasteiger partial charge in [0.25, 0.3) is 0 Å². The molecule has 1 unspecified atom stereocenters. The topological polar surface area (TPSA) is 50.1 Å². The van der Waals surface area contributed by atoms with Crippen molar-refractivity contribution < 1.29 is 9.53 Å². The summed E-state index contributed by atoms with van der Waals surface area (Å²) in [5.74, 6) is -0.257. The molecule has 0 amide bonds. The first-order chi connectivity index (χ1) is 7.76. The van der Waals surface area contributed by atoms with E-state index >= 15 is 0 Å². The third-order valence-corrected chi connectivity index (χ3v) is 2.93. The fourth-order valence-corrected chi connectivity index (χ4v) is 2.18. The van der Waals surface area contributed by atoms with Crippen LogP contribution in [0.2, 0.25) is 0 Å². The van der Waals surface area contributed by atoms with Gasteiger partial charge >= 0.3 is 5.97 Å². The van der Waals surface area contributed by atoms with Gasteiger partial charge in [-0.15, -0.1) is 0 Å². The molecule has 1 aromatic rings. The van der Waals surface area contributed by atoms with Gasteiger partial charge in [-0.1, -0.05) is 12.1 Å². The molecule has 1 aliphatic rings. The maximum atomic E-state index is 11.6. The minimum Gasteiger partial charge on any atom is -0.466 e. The monoisotopic (exact) mass is 215 g/mol. The summed E-state index contributed by atoms with van der Waals surface area (Å²) in [7, 11) is 0. The second kappa shape index (κ2) is 4.36. The number of esters is 1. The molecule has 0 aliphatic heterocycles. The molecule has 1 aliphatic carbocycles. The molecule has 0 spiro atoms. The fourth-order valence-electron chi connectivity index (χ4n) is 2.18. The highest BCUT2D eigenvalue weighted by molar-refractivity contribution is 5.75. The molecule has 0 radical (unpaired) electrons. The van der Waals surface area contributed by atoms with Crippen molar-refractivity contribution in [2.75, 3.05) is 6.61 Å². The molecule has 1 atom stereocenters. The Labute approximate surface area is 94.6 Å². The number of nitriles is 1.